The van der Waals surface area contributed by atoms with Crippen LogP contribution in [0, 0.1) is 5.92 Å². The van der Waals surface area contributed by atoms with Gasteiger partial charge >= 0.3 is 0 Å². The van der Waals surface area contributed by atoms with Gasteiger partial charge in [0.15, 0.2) is 9.84 Å². The van der Waals surface area contributed by atoms with Gasteiger partial charge in [0.05, 0.1) is 16.8 Å². The lowest BCUT2D eigenvalue weighted by atomic mass is 10.1. The van der Waals surface area contributed by atoms with E-state index >= 15 is 0 Å². The summed E-state index contributed by atoms with van der Waals surface area (Å²) in [5.41, 5.74) is 0. The second-order valence-corrected chi connectivity index (χ2v) is 8.85. The molecular weight excluding hydrogens is 306 g/mol. The zero-order chi connectivity index (χ0) is 15.3. The van der Waals surface area contributed by atoms with Crippen molar-refractivity contribution in [3.8, 4) is 0 Å². The van der Waals surface area contributed by atoms with E-state index in [9.17, 15) is 13.2 Å². The first-order chi connectivity index (χ1) is 10.00. The van der Waals surface area contributed by atoms with Crippen molar-refractivity contribution in [3.05, 3.63) is 30.3 Å². The van der Waals surface area contributed by atoms with E-state index in [1.807, 2.05) is 37.3 Å². The van der Waals surface area contributed by atoms with Crippen LogP contribution < -0.4 is 5.32 Å². The van der Waals surface area contributed by atoms with Gasteiger partial charge in [0, 0.05) is 11.4 Å². The molecule has 1 fully saturated rings. The number of thioether (sulfide) groups is 1. The Hall–Kier alpha value is -1.01. The highest BCUT2D eigenvalue weighted by Crippen LogP contribution is 2.25. The number of sulfone groups is 1. The average Bonchev–Trinajstić information content (AvgIpc) is 2.82. The molecule has 0 unspecified atom stereocenters. The third-order valence-electron chi connectivity index (χ3n) is 3.58. The fraction of sp³-hybridized carbons (Fsp3) is 0.533. The predicted molar refractivity (Wildman–Crippen MR) is 86.1 cm³/mol. The second-order valence-electron chi connectivity index (χ2n) is 5.34. The SMILES string of the molecule is CC[C@H](Sc1ccccc1)C(=O)NC[C@H]1CCS(=O)(=O)C1. The van der Waals surface area contributed by atoms with Gasteiger partial charge in [0.25, 0.3) is 0 Å². The summed E-state index contributed by atoms with van der Waals surface area (Å²) in [7, 11) is -2.87. The first-order valence-corrected chi connectivity index (χ1v) is 9.90. The van der Waals surface area contributed by atoms with Crippen molar-refractivity contribution in [1.29, 1.82) is 0 Å². The molecule has 2 atom stereocenters. The van der Waals surface area contributed by atoms with E-state index in [1.165, 1.54) is 0 Å². The molecule has 0 spiro atoms. The van der Waals surface area contributed by atoms with Gasteiger partial charge in [-0.1, -0.05) is 25.1 Å². The summed E-state index contributed by atoms with van der Waals surface area (Å²) in [5, 5.41) is 2.78. The molecule has 1 aromatic carbocycles. The number of carbonyl (C=O) groups is 1. The van der Waals surface area contributed by atoms with Gasteiger partial charge < -0.3 is 5.32 Å². The van der Waals surface area contributed by atoms with Crippen molar-refractivity contribution in [2.24, 2.45) is 5.92 Å². The number of benzene rings is 1. The number of hydrogen-bond acceptors (Lipinski definition) is 4. The van der Waals surface area contributed by atoms with Crippen molar-refractivity contribution >= 4 is 27.5 Å². The maximum atomic E-state index is 12.2. The van der Waals surface area contributed by atoms with Crippen molar-refractivity contribution < 1.29 is 13.2 Å². The number of hydrogen-bond donors (Lipinski definition) is 1. The third kappa shape index (κ3) is 5.04. The van der Waals surface area contributed by atoms with Crippen LogP contribution in [-0.2, 0) is 14.6 Å². The van der Waals surface area contributed by atoms with E-state index in [2.05, 4.69) is 5.32 Å². The summed E-state index contributed by atoms with van der Waals surface area (Å²) in [5.74, 6) is 0.521. The van der Waals surface area contributed by atoms with Crippen molar-refractivity contribution in [2.45, 2.75) is 29.9 Å². The summed E-state index contributed by atoms with van der Waals surface area (Å²) >= 11 is 1.55. The molecule has 1 aliphatic rings. The highest BCUT2D eigenvalue weighted by atomic mass is 32.2. The van der Waals surface area contributed by atoms with Crippen LogP contribution in [0.1, 0.15) is 19.8 Å². The Morgan fingerprint density at radius 3 is 2.67 bits per heavy atom. The molecule has 2 rings (SSSR count). The molecule has 6 heteroatoms. The van der Waals surface area contributed by atoms with Gasteiger partial charge in [-0.25, -0.2) is 8.42 Å². The molecule has 1 amide bonds. The fourth-order valence-electron chi connectivity index (χ4n) is 2.38. The van der Waals surface area contributed by atoms with Gasteiger partial charge in [-0.3, -0.25) is 4.79 Å². The highest BCUT2D eigenvalue weighted by Gasteiger charge is 2.28. The monoisotopic (exact) mass is 327 g/mol. The van der Waals surface area contributed by atoms with E-state index in [0.717, 1.165) is 11.3 Å². The standard InChI is InChI=1S/C15H21NO3S2/c1-2-14(20-13-6-4-3-5-7-13)15(17)16-10-12-8-9-21(18,19)11-12/h3-7,12,14H,2,8-11H2,1H3,(H,16,17)/t12-,14+/m1/s1. The maximum absolute atomic E-state index is 12.2. The molecule has 1 saturated heterocycles. The van der Waals surface area contributed by atoms with Gasteiger partial charge in [0.1, 0.15) is 0 Å². The van der Waals surface area contributed by atoms with Gasteiger partial charge in [-0.2, -0.15) is 0 Å². The Morgan fingerprint density at radius 2 is 2.10 bits per heavy atom. The van der Waals surface area contributed by atoms with Crippen LogP contribution >= 0.6 is 11.8 Å². The highest BCUT2D eigenvalue weighted by molar-refractivity contribution is 8.00. The summed E-state index contributed by atoms with van der Waals surface area (Å²) in [4.78, 5) is 13.3. The Morgan fingerprint density at radius 1 is 1.38 bits per heavy atom. The van der Waals surface area contributed by atoms with Crippen molar-refractivity contribution in [1.82, 2.24) is 5.32 Å². The lowest BCUT2D eigenvalue weighted by Gasteiger charge is -2.16. The van der Waals surface area contributed by atoms with E-state index in [4.69, 9.17) is 0 Å². The van der Waals surface area contributed by atoms with Crippen molar-refractivity contribution in [3.63, 3.8) is 0 Å². The number of nitrogens with one attached hydrogen (secondary N) is 1. The van der Waals surface area contributed by atoms with Crippen molar-refractivity contribution in [2.75, 3.05) is 18.1 Å². The minimum absolute atomic E-state index is 0.00403. The molecular formula is C15H21NO3S2. The second kappa shape index (κ2) is 7.31. The third-order valence-corrected chi connectivity index (χ3v) is 6.79. The fourth-order valence-corrected chi connectivity index (χ4v) is 5.24. The molecule has 21 heavy (non-hydrogen) atoms. The van der Waals surface area contributed by atoms with E-state index in [1.54, 1.807) is 11.8 Å². The summed E-state index contributed by atoms with van der Waals surface area (Å²) in [6.07, 6.45) is 1.40. The minimum atomic E-state index is -2.87. The summed E-state index contributed by atoms with van der Waals surface area (Å²) in [6, 6.07) is 9.84. The molecule has 0 aromatic heterocycles. The lowest BCUT2D eigenvalue weighted by Crippen LogP contribution is -2.36. The largest absolute Gasteiger partial charge is 0.355 e. The predicted octanol–water partition coefficient (Wildman–Crippen LogP) is 2.11. The first kappa shape index (κ1) is 16.4. The van der Waals surface area contributed by atoms with Gasteiger partial charge in [0.2, 0.25) is 5.91 Å². The van der Waals surface area contributed by atoms with Crippen LogP contribution in [0.3, 0.4) is 0 Å². The molecule has 0 aliphatic carbocycles. The Kier molecular flexibility index (Phi) is 5.70. The van der Waals surface area contributed by atoms with Gasteiger partial charge in [-0.05, 0) is 30.9 Å². The number of amides is 1. The normalized spacial score (nSPS) is 21.9. The van der Waals surface area contributed by atoms with E-state index in [0.29, 0.717) is 13.0 Å². The molecule has 1 aromatic rings. The average molecular weight is 327 g/mol. The Balaban J connectivity index is 1.83. The molecule has 116 valence electrons. The smallest absolute Gasteiger partial charge is 0.233 e. The Labute approximate surface area is 130 Å². The van der Waals surface area contributed by atoms with Gasteiger partial charge in [-0.15, -0.1) is 11.8 Å². The molecule has 0 radical (unpaired) electrons. The first-order valence-electron chi connectivity index (χ1n) is 7.20. The maximum Gasteiger partial charge on any atom is 0.233 e. The minimum Gasteiger partial charge on any atom is -0.355 e. The van der Waals surface area contributed by atoms with Crippen LogP contribution in [-0.4, -0.2) is 37.6 Å². The molecule has 1 aliphatic heterocycles. The van der Waals surface area contributed by atoms with Crippen LogP contribution in [0.15, 0.2) is 35.2 Å². The molecule has 1 N–H and O–H groups in total. The van der Waals surface area contributed by atoms with E-state index < -0.39 is 9.84 Å². The molecule has 1 heterocycles. The van der Waals surface area contributed by atoms with Crippen LogP contribution in [0.2, 0.25) is 0 Å². The molecule has 0 bridgehead atoms. The quantitative estimate of drug-likeness (QED) is 0.813. The van der Waals surface area contributed by atoms with E-state index in [-0.39, 0.29) is 28.6 Å². The van der Waals surface area contributed by atoms with Crippen LogP contribution in [0.25, 0.3) is 0 Å². The topological polar surface area (TPSA) is 63.2 Å². The molecule has 4 nitrogen and oxygen atoms in total. The van der Waals surface area contributed by atoms with Crippen LogP contribution in [0.4, 0.5) is 0 Å². The zero-order valence-electron chi connectivity index (χ0n) is 12.1. The lowest BCUT2D eigenvalue weighted by molar-refractivity contribution is -0.120. The number of carbonyl (C=O) groups excluding carboxylic acids is 1. The Bertz CT molecular complexity index is 572. The summed E-state index contributed by atoms with van der Waals surface area (Å²) in [6.45, 7) is 2.45. The zero-order valence-corrected chi connectivity index (χ0v) is 13.8. The van der Waals surface area contributed by atoms with Crippen LogP contribution in [0.5, 0.6) is 0 Å². The molecule has 0 saturated carbocycles. The number of rotatable bonds is 6. The summed E-state index contributed by atoms with van der Waals surface area (Å²) < 4.78 is 22.8.